The molecular formula is C43H77ClN2O4. The number of carbonyl (C=O) groups excluding carboxylic acids is 2. The van der Waals surface area contributed by atoms with Crippen molar-refractivity contribution < 1.29 is 36.7 Å². The maximum Gasteiger partial charge on any atom is 0.252 e. The first kappa shape index (κ1) is 43.5. The summed E-state index contributed by atoms with van der Waals surface area (Å²) in [6.07, 6.45) is 27.4. The first-order valence-corrected chi connectivity index (χ1v) is 21.2. The third kappa shape index (κ3) is 10.2. The lowest BCUT2D eigenvalue weighted by Gasteiger charge is -2.60. The Morgan fingerprint density at radius 1 is 0.820 bits per heavy atom. The van der Waals surface area contributed by atoms with E-state index in [1.165, 1.54) is 108 Å². The fourth-order valence-corrected chi connectivity index (χ4v) is 11.2. The fourth-order valence-electron chi connectivity index (χ4n) is 11.2. The number of hydrogen-bond donors (Lipinski definition) is 3. The number of hydrogen-bond acceptors (Lipinski definition) is 4. The van der Waals surface area contributed by atoms with Crippen molar-refractivity contribution in [3.05, 3.63) is 11.6 Å². The molecule has 7 atom stereocenters. The maximum absolute atomic E-state index is 14.0. The molecule has 4 rings (SSSR count). The van der Waals surface area contributed by atoms with Crippen molar-refractivity contribution >= 4 is 11.7 Å². The number of likely N-dealkylation sites (N-methyl/N-ethyl adjacent to an activating group) is 1. The van der Waals surface area contributed by atoms with Gasteiger partial charge in [0.2, 0.25) is 0 Å². The van der Waals surface area contributed by atoms with Gasteiger partial charge in [0.05, 0.1) is 39.3 Å². The molecule has 290 valence electrons. The molecule has 3 fully saturated rings. The molecule has 0 spiro atoms. The van der Waals surface area contributed by atoms with Crippen molar-refractivity contribution in [3.8, 4) is 0 Å². The van der Waals surface area contributed by atoms with Crippen LogP contribution in [0.15, 0.2) is 11.6 Å². The molecule has 0 aromatic carbocycles. The van der Waals surface area contributed by atoms with Gasteiger partial charge in [-0.25, -0.2) is 0 Å². The van der Waals surface area contributed by atoms with Gasteiger partial charge in [0, 0.05) is 11.8 Å². The van der Waals surface area contributed by atoms with Crippen molar-refractivity contribution in [2.45, 2.75) is 187 Å². The molecule has 0 aliphatic heterocycles. The van der Waals surface area contributed by atoms with Crippen LogP contribution in [0.4, 0.5) is 0 Å². The molecule has 0 unspecified atom stereocenters. The summed E-state index contributed by atoms with van der Waals surface area (Å²) >= 11 is 0. The summed E-state index contributed by atoms with van der Waals surface area (Å²) < 4.78 is 0.990. The minimum Gasteiger partial charge on any atom is -1.00 e. The highest BCUT2D eigenvalue weighted by atomic mass is 35.5. The molecular weight excluding hydrogens is 644 g/mol. The van der Waals surface area contributed by atoms with Crippen LogP contribution in [0.25, 0.3) is 0 Å². The Balaban J connectivity index is 0.00000676. The number of quaternary nitrogens is 1. The molecule has 0 aromatic heterocycles. The standard InChI is InChI=1S/C43H76N2O4.ClH/c1-6-8-10-12-14-16-18-20-29-45(5,30-21-19-17-15-13-11-9-7-2)31-28-44-40(48)43(49)27-25-37-36-23-22-34-32-35(46)24-26-41(34,3)39(36)38(47)33-42(37,43)4;/h32,36-39,47,49H,6-31,33H2,1-5H3;1H/t36-,37-,38-,39+,41-,42-,43-;/m0./s1. The molecule has 4 aliphatic rings. The Kier molecular flexibility index (Phi) is 17.3. The highest BCUT2D eigenvalue weighted by Crippen LogP contribution is 2.67. The third-order valence-electron chi connectivity index (χ3n) is 14.5. The predicted octanol–water partition coefficient (Wildman–Crippen LogP) is 6.07. The molecule has 0 heterocycles. The minimum atomic E-state index is -1.46. The van der Waals surface area contributed by atoms with Crippen molar-refractivity contribution in [3.63, 3.8) is 0 Å². The smallest absolute Gasteiger partial charge is 0.252 e. The number of halogens is 1. The molecule has 0 radical (unpaired) electrons. The van der Waals surface area contributed by atoms with Crippen LogP contribution in [0, 0.1) is 28.6 Å². The predicted molar refractivity (Wildman–Crippen MR) is 202 cm³/mol. The molecule has 3 saturated carbocycles. The quantitative estimate of drug-likeness (QED) is 0.0937. The molecule has 4 aliphatic carbocycles. The maximum atomic E-state index is 14.0. The Bertz CT molecular complexity index is 1080. The number of ketones is 1. The molecule has 50 heavy (non-hydrogen) atoms. The fraction of sp³-hybridized carbons (Fsp3) is 0.907. The van der Waals surface area contributed by atoms with Crippen LogP contribution in [0.3, 0.4) is 0 Å². The van der Waals surface area contributed by atoms with Crippen molar-refractivity contribution in [2.75, 3.05) is 33.2 Å². The summed E-state index contributed by atoms with van der Waals surface area (Å²) in [6.45, 7) is 12.7. The van der Waals surface area contributed by atoms with E-state index in [9.17, 15) is 19.8 Å². The number of rotatable bonds is 22. The van der Waals surface area contributed by atoms with Gasteiger partial charge in [0.1, 0.15) is 5.60 Å². The van der Waals surface area contributed by atoms with Crippen LogP contribution in [0.2, 0.25) is 0 Å². The zero-order chi connectivity index (χ0) is 35.5. The topological polar surface area (TPSA) is 86.6 Å². The first-order valence-electron chi connectivity index (χ1n) is 21.2. The Labute approximate surface area is 313 Å². The summed E-state index contributed by atoms with van der Waals surface area (Å²) in [4.78, 5) is 26.3. The number of nitrogens with zero attached hydrogens (tertiary/aromatic N) is 1. The van der Waals surface area contributed by atoms with E-state index in [2.05, 4.69) is 40.1 Å². The third-order valence-corrected chi connectivity index (χ3v) is 14.5. The second kappa shape index (κ2) is 19.9. The Hall–Kier alpha value is -0.950. The van der Waals surface area contributed by atoms with Crippen molar-refractivity contribution in [1.82, 2.24) is 5.32 Å². The summed E-state index contributed by atoms with van der Waals surface area (Å²) in [5, 5.41) is 27.3. The SMILES string of the molecule is CCCCCCCCCC[N+](C)(CCCCCCCCCC)CCNC(=O)[C@@]1(O)CC[C@H]2[C@@H]3CCC4=CC(=O)CC[C@]4(C)[C@H]3[C@@H](O)C[C@@]21C.[Cl-]. The second-order valence-electron chi connectivity index (χ2n) is 18.0. The van der Waals surface area contributed by atoms with Gasteiger partial charge in [-0.2, -0.15) is 0 Å². The van der Waals surface area contributed by atoms with Crippen molar-refractivity contribution in [2.24, 2.45) is 28.6 Å². The number of carbonyl (C=O) groups is 2. The summed E-state index contributed by atoms with van der Waals surface area (Å²) in [6, 6.07) is 0. The molecule has 1 amide bonds. The zero-order valence-electron chi connectivity index (χ0n) is 33.0. The molecule has 0 saturated heterocycles. The summed E-state index contributed by atoms with van der Waals surface area (Å²) in [5.41, 5.74) is -1.04. The van der Waals surface area contributed by atoms with Crippen molar-refractivity contribution in [1.29, 1.82) is 0 Å². The van der Waals surface area contributed by atoms with Crippen LogP contribution >= 0.6 is 0 Å². The summed E-state index contributed by atoms with van der Waals surface area (Å²) in [5.74, 6) is 0.564. The Morgan fingerprint density at radius 2 is 1.36 bits per heavy atom. The number of amides is 1. The highest BCUT2D eigenvalue weighted by Gasteiger charge is 2.68. The average molecular weight is 722 g/mol. The lowest BCUT2D eigenvalue weighted by atomic mass is 9.45. The van der Waals surface area contributed by atoms with Gasteiger partial charge in [0.15, 0.2) is 5.78 Å². The van der Waals surface area contributed by atoms with Gasteiger partial charge < -0.3 is 32.4 Å². The van der Waals surface area contributed by atoms with Crippen LogP contribution in [0.5, 0.6) is 0 Å². The number of allylic oxidation sites excluding steroid dienone is 1. The summed E-state index contributed by atoms with van der Waals surface area (Å²) in [7, 11) is 2.39. The number of nitrogens with one attached hydrogen (secondary N) is 1. The monoisotopic (exact) mass is 721 g/mol. The number of unbranched alkanes of at least 4 members (excludes halogenated alkanes) is 14. The number of fused-ring (bicyclic) bond motifs is 5. The molecule has 6 nitrogen and oxygen atoms in total. The molecule has 7 heteroatoms. The van der Waals surface area contributed by atoms with Crippen LogP contribution in [-0.4, -0.2) is 71.3 Å². The van der Waals surface area contributed by atoms with E-state index in [1.54, 1.807) is 0 Å². The van der Waals surface area contributed by atoms with Gasteiger partial charge in [-0.05, 0) is 93.5 Å². The van der Waals surface area contributed by atoms with Gasteiger partial charge in [-0.15, -0.1) is 0 Å². The van der Waals surface area contributed by atoms with E-state index >= 15 is 0 Å². The number of aliphatic hydroxyl groups is 2. The number of aliphatic hydroxyl groups excluding tert-OH is 1. The van der Waals surface area contributed by atoms with E-state index in [1.807, 2.05) is 6.08 Å². The normalized spacial score (nSPS) is 32.1. The van der Waals surface area contributed by atoms with E-state index in [-0.39, 0.29) is 47.3 Å². The lowest BCUT2D eigenvalue weighted by Crippen LogP contribution is -3.00. The van der Waals surface area contributed by atoms with E-state index in [0.29, 0.717) is 25.8 Å². The first-order chi connectivity index (χ1) is 23.4. The molecule has 0 aromatic rings. The largest absolute Gasteiger partial charge is 1.00 e. The van der Waals surface area contributed by atoms with Crippen LogP contribution in [-0.2, 0) is 9.59 Å². The average Bonchev–Trinajstić information content (AvgIpc) is 3.34. The van der Waals surface area contributed by atoms with Gasteiger partial charge >= 0.3 is 0 Å². The van der Waals surface area contributed by atoms with E-state index in [4.69, 9.17) is 0 Å². The van der Waals surface area contributed by atoms with Gasteiger partial charge in [-0.3, -0.25) is 9.59 Å². The minimum absolute atomic E-state index is 0. The highest BCUT2D eigenvalue weighted by molar-refractivity contribution is 5.91. The second-order valence-corrected chi connectivity index (χ2v) is 18.0. The van der Waals surface area contributed by atoms with Crippen LogP contribution in [0.1, 0.15) is 175 Å². The van der Waals surface area contributed by atoms with E-state index in [0.717, 1.165) is 49.8 Å². The zero-order valence-corrected chi connectivity index (χ0v) is 33.8. The van der Waals surface area contributed by atoms with Crippen LogP contribution < -0.4 is 17.7 Å². The lowest BCUT2D eigenvalue weighted by molar-refractivity contribution is -0.908. The molecule has 3 N–H and O–H groups in total. The Morgan fingerprint density at radius 3 is 1.92 bits per heavy atom. The van der Waals surface area contributed by atoms with Gasteiger partial charge in [0.25, 0.3) is 5.91 Å². The van der Waals surface area contributed by atoms with E-state index < -0.39 is 17.1 Å². The van der Waals surface area contributed by atoms with Gasteiger partial charge in [-0.1, -0.05) is 110 Å². The molecule has 0 bridgehead atoms.